The van der Waals surface area contributed by atoms with E-state index >= 15 is 0 Å². The molecule has 2 fully saturated rings. The number of fused-ring (bicyclic) bond motifs is 5. The van der Waals surface area contributed by atoms with Crippen LogP contribution in [0.3, 0.4) is 0 Å². The van der Waals surface area contributed by atoms with Crippen molar-refractivity contribution < 1.29 is 19.7 Å². The zero-order valence-electron chi connectivity index (χ0n) is 21.0. The van der Waals surface area contributed by atoms with Gasteiger partial charge in [-0.2, -0.15) is 0 Å². The first kappa shape index (κ1) is 24.6. The van der Waals surface area contributed by atoms with Gasteiger partial charge in [0, 0.05) is 30.1 Å². The monoisotopic (exact) mass is 482 g/mol. The van der Waals surface area contributed by atoms with Crippen molar-refractivity contribution in [1.29, 1.82) is 0 Å². The minimum Gasteiger partial charge on any atom is -0.508 e. The van der Waals surface area contributed by atoms with Gasteiger partial charge in [-0.1, -0.05) is 42.6 Å². The number of rotatable bonds is 2. The number of ether oxygens (including phenoxy) is 1. The third-order valence-electron chi connectivity index (χ3n) is 9.21. The number of carbonyl (C=O) groups excluding carboxylic acids is 1. The largest absolute Gasteiger partial charge is 0.508 e. The Bertz CT molecular complexity index is 1240. The van der Waals surface area contributed by atoms with Gasteiger partial charge in [0.2, 0.25) is 0 Å². The molecule has 4 aliphatic carbocycles. The van der Waals surface area contributed by atoms with E-state index in [0.717, 1.165) is 44.9 Å². The van der Waals surface area contributed by atoms with E-state index in [4.69, 9.17) is 4.74 Å². The van der Waals surface area contributed by atoms with Crippen LogP contribution in [0.4, 0.5) is 0 Å². The topological polar surface area (TPSA) is 66.8 Å². The Morgan fingerprint density at radius 2 is 1.97 bits per heavy atom. The van der Waals surface area contributed by atoms with Gasteiger partial charge in [-0.05, 0) is 98.1 Å². The predicted molar refractivity (Wildman–Crippen MR) is 138 cm³/mol. The summed E-state index contributed by atoms with van der Waals surface area (Å²) in [4.78, 5) is 12.5. The molecule has 0 aromatic heterocycles. The first-order valence-electron chi connectivity index (χ1n) is 13.3. The third kappa shape index (κ3) is 4.66. The molecule has 0 heterocycles. The molecule has 2 saturated carbocycles. The zero-order valence-corrected chi connectivity index (χ0v) is 21.0. The number of esters is 1. The van der Waals surface area contributed by atoms with Crippen LogP contribution < -0.4 is 0 Å². The van der Waals surface area contributed by atoms with Crippen molar-refractivity contribution in [2.45, 2.75) is 76.2 Å². The summed E-state index contributed by atoms with van der Waals surface area (Å²) in [6.45, 7) is 2.44. The average molecular weight is 483 g/mol. The second-order valence-corrected chi connectivity index (χ2v) is 11.1. The maximum atomic E-state index is 12.5. The number of aryl methyl sites for hydroxylation is 1. The summed E-state index contributed by atoms with van der Waals surface area (Å²) in [6.07, 6.45) is 11.1. The van der Waals surface area contributed by atoms with Crippen LogP contribution in [0.1, 0.15) is 75.3 Å². The fourth-order valence-corrected chi connectivity index (χ4v) is 7.17. The lowest BCUT2D eigenvalue weighted by molar-refractivity contribution is -0.138. The van der Waals surface area contributed by atoms with Gasteiger partial charge in [-0.15, -0.1) is 0 Å². The van der Waals surface area contributed by atoms with Crippen molar-refractivity contribution in [3.8, 4) is 41.3 Å². The van der Waals surface area contributed by atoms with E-state index in [-0.39, 0.29) is 17.9 Å². The number of hydrogen-bond acceptors (Lipinski definition) is 4. The lowest BCUT2D eigenvalue weighted by Crippen LogP contribution is -2.50. The summed E-state index contributed by atoms with van der Waals surface area (Å²) in [7, 11) is 0. The van der Waals surface area contributed by atoms with Gasteiger partial charge < -0.3 is 14.9 Å². The van der Waals surface area contributed by atoms with E-state index in [1.54, 1.807) is 18.2 Å². The zero-order chi connectivity index (χ0) is 25.2. The summed E-state index contributed by atoms with van der Waals surface area (Å²) in [6, 6.07) is 5.81. The Morgan fingerprint density at radius 3 is 2.83 bits per heavy atom. The number of phenols is 1. The molecule has 186 valence electrons. The van der Waals surface area contributed by atoms with Crippen molar-refractivity contribution in [2.24, 2.45) is 23.2 Å². The Kier molecular flexibility index (Phi) is 6.88. The SMILES string of the molecule is C[C@]12CCC3c4ccc(O)cc4CCC3C1CC[C@@]2(O)C#CC(=O)OCC1CC#C/C=C\C#CCC1. The summed E-state index contributed by atoms with van der Waals surface area (Å²) < 4.78 is 5.48. The van der Waals surface area contributed by atoms with Gasteiger partial charge >= 0.3 is 5.97 Å². The van der Waals surface area contributed by atoms with Crippen molar-refractivity contribution in [3.63, 3.8) is 0 Å². The van der Waals surface area contributed by atoms with Crippen LogP contribution in [0.5, 0.6) is 5.75 Å². The molecule has 6 atom stereocenters. The molecule has 1 aromatic rings. The molecule has 36 heavy (non-hydrogen) atoms. The minimum atomic E-state index is -1.18. The minimum absolute atomic E-state index is 0.131. The van der Waals surface area contributed by atoms with Crippen molar-refractivity contribution in [1.82, 2.24) is 0 Å². The molecule has 0 amide bonds. The first-order valence-corrected chi connectivity index (χ1v) is 13.3. The second kappa shape index (κ2) is 10.1. The summed E-state index contributed by atoms with van der Waals surface area (Å²) in [5.74, 6) is 18.9. The highest BCUT2D eigenvalue weighted by Crippen LogP contribution is 2.64. The van der Waals surface area contributed by atoms with Crippen LogP contribution in [-0.4, -0.2) is 28.4 Å². The molecular weight excluding hydrogens is 448 g/mol. The van der Waals surface area contributed by atoms with E-state index < -0.39 is 11.6 Å². The van der Waals surface area contributed by atoms with E-state index in [1.165, 1.54) is 11.1 Å². The van der Waals surface area contributed by atoms with Crippen LogP contribution in [-0.2, 0) is 16.0 Å². The number of aromatic hydroxyl groups is 1. The molecule has 0 radical (unpaired) electrons. The lowest BCUT2D eigenvalue weighted by Gasteiger charge is -2.52. The van der Waals surface area contributed by atoms with Gasteiger partial charge in [0.15, 0.2) is 0 Å². The average Bonchev–Trinajstić information content (AvgIpc) is 3.15. The molecule has 2 N–H and O–H groups in total. The smallest absolute Gasteiger partial charge is 0.384 e. The Labute approximate surface area is 214 Å². The molecule has 0 aliphatic heterocycles. The molecule has 0 saturated heterocycles. The fraction of sp³-hybridized carbons (Fsp3) is 0.531. The van der Waals surface area contributed by atoms with Crippen LogP contribution in [0, 0.1) is 58.7 Å². The number of allylic oxidation sites excluding steroid dienone is 2. The van der Waals surface area contributed by atoms with Gasteiger partial charge in [0.05, 0.1) is 6.61 Å². The quantitative estimate of drug-likeness (QED) is 0.358. The molecule has 0 spiro atoms. The molecule has 5 rings (SSSR count). The van der Waals surface area contributed by atoms with Gasteiger partial charge in [0.1, 0.15) is 11.4 Å². The van der Waals surface area contributed by atoms with Crippen molar-refractivity contribution >= 4 is 5.97 Å². The number of carbonyl (C=O) groups is 1. The van der Waals surface area contributed by atoms with Crippen LogP contribution in [0.25, 0.3) is 0 Å². The highest BCUT2D eigenvalue weighted by molar-refractivity contribution is 5.88. The van der Waals surface area contributed by atoms with Crippen molar-refractivity contribution in [3.05, 3.63) is 41.5 Å². The number of phenolic OH excluding ortho intramolecular Hbond substituents is 1. The summed E-state index contributed by atoms with van der Waals surface area (Å²) in [5, 5.41) is 21.6. The summed E-state index contributed by atoms with van der Waals surface area (Å²) in [5.41, 5.74) is 1.11. The normalized spacial score (nSPS) is 35.1. The number of aliphatic hydroxyl groups is 1. The van der Waals surface area contributed by atoms with E-state index in [2.05, 4.69) is 48.5 Å². The Balaban J connectivity index is 1.25. The van der Waals surface area contributed by atoms with Crippen LogP contribution in [0.15, 0.2) is 30.4 Å². The maximum absolute atomic E-state index is 12.5. The van der Waals surface area contributed by atoms with E-state index in [0.29, 0.717) is 36.3 Å². The molecular formula is C32H34O4. The van der Waals surface area contributed by atoms with Gasteiger partial charge in [0.25, 0.3) is 0 Å². The van der Waals surface area contributed by atoms with Crippen molar-refractivity contribution in [2.75, 3.05) is 6.61 Å². The van der Waals surface area contributed by atoms with Crippen LogP contribution in [0.2, 0.25) is 0 Å². The number of benzene rings is 1. The first-order chi connectivity index (χ1) is 17.4. The molecule has 0 bridgehead atoms. The van der Waals surface area contributed by atoms with Crippen LogP contribution >= 0.6 is 0 Å². The molecule has 4 unspecified atom stereocenters. The highest BCUT2D eigenvalue weighted by atomic mass is 16.5. The Hall–Kier alpha value is -3.13. The summed E-state index contributed by atoms with van der Waals surface area (Å²) >= 11 is 0. The fourth-order valence-electron chi connectivity index (χ4n) is 7.17. The van der Waals surface area contributed by atoms with E-state index in [9.17, 15) is 15.0 Å². The Morgan fingerprint density at radius 1 is 1.14 bits per heavy atom. The van der Waals surface area contributed by atoms with Gasteiger partial charge in [-0.3, -0.25) is 0 Å². The molecule has 4 nitrogen and oxygen atoms in total. The maximum Gasteiger partial charge on any atom is 0.384 e. The second-order valence-electron chi connectivity index (χ2n) is 11.1. The van der Waals surface area contributed by atoms with E-state index in [1.807, 2.05) is 6.07 Å². The molecule has 4 heteroatoms. The standard InChI is InChI=1S/C32H34O4/c1-31-18-15-27-26-14-12-25(33)21-24(26)11-13-28(27)29(31)16-19-32(31,35)20-17-30(34)36-22-23-9-7-5-3-2-4-6-8-10-23/h2-3,12,14,21,23,27-29,33,35H,8-11,13,15-16,18-19,22H2,1H3/b3-2-/t23?,27?,28?,29?,31-,32+/m0/s1. The predicted octanol–water partition coefficient (Wildman–Crippen LogP) is 4.89. The molecule has 1 aromatic carbocycles. The highest BCUT2D eigenvalue weighted by Gasteiger charge is 2.61. The third-order valence-corrected chi connectivity index (χ3v) is 9.21. The van der Waals surface area contributed by atoms with Gasteiger partial charge in [-0.25, -0.2) is 4.79 Å². The lowest BCUT2D eigenvalue weighted by atomic mass is 9.53. The molecule has 4 aliphatic rings. The number of hydrogen-bond donors (Lipinski definition) is 2.